The van der Waals surface area contributed by atoms with Crippen LogP contribution in [0, 0.1) is 6.92 Å². The van der Waals surface area contributed by atoms with E-state index in [4.69, 9.17) is 21.2 Å². The Morgan fingerprint density at radius 3 is 2.85 bits per heavy atom. The Hall–Kier alpha value is -2.80. The molecule has 26 heavy (non-hydrogen) atoms. The summed E-state index contributed by atoms with van der Waals surface area (Å²) in [5, 5.41) is 11.2. The van der Waals surface area contributed by atoms with E-state index >= 15 is 0 Å². The van der Waals surface area contributed by atoms with Gasteiger partial charge < -0.3 is 14.9 Å². The van der Waals surface area contributed by atoms with E-state index in [1.807, 2.05) is 25.1 Å². The highest BCUT2D eigenvalue weighted by Crippen LogP contribution is 2.22. The fourth-order valence-corrected chi connectivity index (χ4v) is 2.49. The van der Waals surface area contributed by atoms with Gasteiger partial charge in [-0.3, -0.25) is 4.79 Å². The number of oxime groups is 1. The molecule has 2 rings (SSSR count). The molecule has 7 nitrogen and oxygen atoms in total. The second kappa shape index (κ2) is 9.05. The number of aromatic nitrogens is 2. The zero-order valence-electron chi connectivity index (χ0n) is 15.1. The summed E-state index contributed by atoms with van der Waals surface area (Å²) in [4.78, 5) is 16.5. The van der Waals surface area contributed by atoms with Crippen molar-refractivity contribution >= 4 is 23.2 Å². The molecule has 0 saturated heterocycles. The SMILES string of the molecule is CNC(=O)C(=N/OC)/C(C)=C\COc1ccn(-c2ccc(C)cc2Cl)n1. The van der Waals surface area contributed by atoms with Crippen LogP contribution in [0.4, 0.5) is 0 Å². The molecule has 2 aromatic rings. The average molecular weight is 377 g/mol. The zero-order chi connectivity index (χ0) is 19.1. The number of rotatable bonds is 7. The van der Waals surface area contributed by atoms with Crippen LogP contribution in [0.2, 0.25) is 5.02 Å². The molecule has 1 amide bonds. The maximum atomic E-state index is 11.8. The van der Waals surface area contributed by atoms with E-state index < -0.39 is 0 Å². The topological polar surface area (TPSA) is 77.7 Å². The van der Waals surface area contributed by atoms with Gasteiger partial charge in [-0.2, -0.15) is 0 Å². The van der Waals surface area contributed by atoms with Crippen LogP contribution in [0.3, 0.4) is 0 Å². The molecule has 0 unspecified atom stereocenters. The lowest BCUT2D eigenvalue weighted by Gasteiger charge is -2.06. The van der Waals surface area contributed by atoms with E-state index in [1.54, 1.807) is 29.9 Å². The van der Waals surface area contributed by atoms with Crippen LogP contribution < -0.4 is 10.1 Å². The monoisotopic (exact) mass is 376 g/mol. The van der Waals surface area contributed by atoms with Crippen LogP contribution >= 0.6 is 11.6 Å². The number of amides is 1. The Morgan fingerprint density at radius 2 is 2.19 bits per heavy atom. The van der Waals surface area contributed by atoms with Crippen molar-refractivity contribution in [2.45, 2.75) is 13.8 Å². The zero-order valence-corrected chi connectivity index (χ0v) is 15.9. The number of carbonyl (C=O) groups excluding carboxylic acids is 1. The third-order valence-electron chi connectivity index (χ3n) is 3.53. The summed E-state index contributed by atoms with van der Waals surface area (Å²) in [6.07, 6.45) is 3.50. The Bertz CT molecular complexity index is 843. The average Bonchev–Trinajstić information content (AvgIpc) is 3.07. The lowest BCUT2D eigenvalue weighted by Crippen LogP contribution is -2.28. The molecule has 0 aliphatic rings. The lowest BCUT2D eigenvalue weighted by molar-refractivity contribution is -0.114. The first kappa shape index (κ1) is 19.5. The van der Waals surface area contributed by atoms with Gasteiger partial charge in [-0.25, -0.2) is 4.68 Å². The van der Waals surface area contributed by atoms with Gasteiger partial charge in [-0.15, -0.1) is 5.10 Å². The van der Waals surface area contributed by atoms with E-state index in [9.17, 15) is 4.79 Å². The molecule has 0 spiro atoms. The fraction of sp³-hybridized carbons (Fsp3) is 0.278. The van der Waals surface area contributed by atoms with Gasteiger partial charge in [0.05, 0.1) is 10.7 Å². The second-order valence-electron chi connectivity index (χ2n) is 5.45. The molecule has 0 atom stereocenters. The predicted molar refractivity (Wildman–Crippen MR) is 101 cm³/mol. The summed E-state index contributed by atoms with van der Waals surface area (Å²) in [5.74, 6) is 0.106. The van der Waals surface area contributed by atoms with Gasteiger partial charge in [-0.05, 0) is 43.2 Å². The molecule has 1 N–H and O–H groups in total. The number of ether oxygens (including phenoxy) is 1. The summed E-state index contributed by atoms with van der Waals surface area (Å²) >= 11 is 6.25. The van der Waals surface area contributed by atoms with Crippen molar-refractivity contribution in [3.63, 3.8) is 0 Å². The van der Waals surface area contributed by atoms with E-state index in [0.717, 1.165) is 11.3 Å². The summed E-state index contributed by atoms with van der Waals surface area (Å²) in [6, 6.07) is 7.48. The Balaban J connectivity index is 2.05. The third-order valence-corrected chi connectivity index (χ3v) is 3.84. The van der Waals surface area contributed by atoms with E-state index in [-0.39, 0.29) is 18.2 Å². The smallest absolute Gasteiger partial charge is 0.273 e. The fourth-order valence-electron chi connectivity index (χ4n) is 2.17. The lowest BCUT2D eigenvalue weighted by atomic mass is 10.1. The Morgan fingerprint density at radius 1 is 1.42 bits per heavy atom. The molecule has 1 aromatic heterocycles. The van der Waals surface area contributed by atoms with Gasteiger partial charge in [0.2, 0.25) is 5.88 Å². The van der Waals surface area contributed by atoms with Crippen LogP contribution in [-0.2, 0) is 9.63 Å². The maximum Gasteiger partial charge on any atom is 0.273 e. The number of nitrogens with one attached hydrogen (secondary N) is 1. The largest absolute Gasteiger partial charge is 0.472 e. The van der Waals surface area contributed by atoms with Gasteiger partial charge in [0.1, 0.15) is 13.7 Å². The first-order chi connectivity index (χ1) is 12.5. The molecule has 1 aromatic carbocycles. The summed E-state index contributed by atoms with van der Waals surface area (Å²) < 4.78 is 7.25. The molecule has 0 saturated carbocycles. The standard InChI is InChI=1S/C18H21ClN4O3/c1-12-5-6-15(14(19)11-12)23-9-7-16(21-23)26-10-8-13(2)17(22-25-4)18(24)20-3/h5-9,11H,10H2,1-4H3,(H,20,24)/b13-8-,22-17+. The summed E-state index contributed by atoms with van der Waals surface area (Å²) in [6.45, 7) is 3.95. The number of halogens is 1. The van der Waals surface area contributed by atoms with Gasteiger partial charge in [0.15, 0.2) is 5.71 Å². The van der Waals surface area contributed by atoms with Gasteiger partial charge >= 0.3 is 0 Å². The van der Waals surface area contributed by atoms with Gasteiger partial charge in [0, 0.05) is 19.3 Å². The molecular weight excluding hydrogens is 356 g/mol. The minimum atomic E-state index is -0.334. The Labute approximate surface area is 157 Å². The maximum absolute atomic E-state index is 11.8. The van der Waals surface area contributed by atoms with Gasteiger partial charge in [-0.1, -0.05) is 22.8 Å². The molecule has 8 heteroatoms. The molecular formula is C18H21ClN4O3. The number of nitrogens with zero attached hydrogens (tertiary/aromatic N) is 3. The van der Waals surface area contributed by atoms with E-state index in [2.05, 4.69) is 15.6 Å². The molecule has 0 bridgehead atoms. The van der Waals surface area contributed by atoms with Crippen molar-refractivity contribution in [2.75, 3.05) is 20.8 Å². The molecule has 0 aliphatic carbocycles. The van der Waals surface area contributed by atoms with Crippen molar-refractivity contribution in [3.05, 3.63) is 52.7 Å². The molecule has 0 aliphatic heterocycles. The van der Waals surface area contributed by atoms with Crippen molar-refractivity contribution in [3.8, 4) is 11.6 Å². The highest BCUT2D eigenvalue weighted by molar-refractivity contribution is 6.44. The van der Waals surface area contributed by atoms with E-state index in [1.165, 1.54) is 14.2 Å². The summed E-state index contributed by atoms with van der Waals surface area (Å²) in [7, 11) is 2.91. The van der Waals surface area contributed by atoms with Crippen molar-refractivity contribution in [2.24, 2.45) is 5.16 Å². The highest BCUT2D eigenvalue weighted by Gasteiger charge is 2.12. The van der Waals surface area contributed by atoms with Crippen molar-refractivity contribution in [1.82, 2.24) is 15.1 Å². The van der Waals surface area contributed by atoms with Crippen LogP contribution in [0.25, 0.3) is 5.69 Å². The number of hydrogen-bond donors (Lipinski definition) is 1. The van der Waals surface area contributed by atoms with E-state index in [0.29, 0.717) is 16.5 Å². The number of carbonyl (C=O) groups is 1. The molecule has 138 valence electrons. The third kappa shape index (κ3) is 4.86. The minimum Gasteiger partial charge on any atom is -0.472 e. The van der Waals surface area contributed by atoms with Crippen molar-refractivity contribution in [1.29, 1.82) is 0 Å². The van der Waals surface area contributed by atoms with Crippen LogP contribution in [0.5, 0.6) is 5.88 Å². The van der Waals surface area contributed by atoms with Crippen LogP contribution in [-0.4, -0.2) is 42.2 Å². The Kier molecular flexibility index (Phi) is 6.80. The molecule has 1 heterocycles. The highest BCUT2D eigenvalue weighted by atomic mass is 35.5. The second-order valence-corrected chi connectivity index (χ2v) is 5.86. The first-order valence-corrected chi connectivity index (χ1v) is 8.29. The quantitative estimate of drug-likeness (QED) is 0.595. The van der Waals surface area contributed by atoms with Gasteiger partial charge in [0.25, 0.3) is 5.91 Å². The number of hydrogen-bond acceptors (Lipinski definition) is 5. The number of aryl methyl sites for hydroxylation is 1. The predicted octanol–water partition coefficient (Wildman–Crippen LogP) is 2.91. The molecule has 0 fully saturated rings. The normalized spacial score (nSPS) is 12.0. The number of benzene rings is 1. The van der Waals surface area contributed by atoms with Crippen molar-refractivity contribution < 1.29 is 14.4 Å². The van der Waals surface area contributed by atoms with Crippen LogP contribution in [0.15, 0.2) is 47.3 Å². The molecule has 0 radical (unpaired) electrons. The first-order valence-electron chi connectivity index (χ1n) is 7.91. The minimum absolute atomic E-state index is 0.190. The summed E-state index contributed by atoms with van der Waals surface area (Å²) in [5.41, 5.74) is 2.67. The van der Waals surface area contributed by atoms with Crippen LogP contribution in [0.1, 0.15) is 12.5 Å².